The van der Waals surface area contributed by atoms with Gasteiger partial charge >= 0.3 is 0 Å². The van der Waals surface area contributed by atoms with Crippen LogP contribution in [0, 0.1) is 17.5 Å². The number of hydrogen-bond donors (Lipinski definition) is 0. The van der Waals surface area contributed by atoms with E-state index in [2.05, 4.69) is 4.90 Å². The average molecular weight is 369 g/mol. The first-order valence-corrected chi connectivity index (χ1v) is 8.90. The van der Waals surface area contributed by atoms with E-state index in [1.807, 2.05) is 0 Å². The Kier molecular flexibility index (Phi) is 5.80. The summed E-state index contributed by atoms with van der Waals surface area (Å²) in [5.41, 5.74) is -0.488. The molecule has 0 spiro atoms. The summed E-state index contributed by atoms with van der Waals surface area (Å²) in [5, 5.41) is 0. The molecule has 5 nitrogen and oxygen atoms in total. The van der Waals surface area contributed by atoms with Gasteiger partial charge in [0.1, 0.15) is 0 Å². The van der Waals surface area contributed by atoms with E-state index in [4.69, 9.17) is 0 Å². The third kappa shape index (κ3) is 4.00. The first-order chi connectivity index (χ1) is 12.5. The SMILES string of the molecule is O=C(CCN1CCCC1)N1CCN(C(=O)c2ccc(F)c(F)c2F)CC1. The monoisotopic (exact) mass is 369 g/mol. The fourth-order valence-corrected chi connectivity index (χ4v) is 3.44. The van der Waals surface area contributed by atoms with Gasteiger partial charge in [-0.3, -0.25) is 9.59 Å². The van der Waals surface area contributed by atoms with E-state index in [9.17, 15) is 22.8 Å². The Morgan fingerprint density at radius 3 is 2.12 bits per heavy atom. The molecule has 0 bridgehead atoms. The molecule has 0 saturated carbocycles. The molecule has 8 heteroatoms. The Morgan fingerprint density at radius 1 is 0.846 bits per heavy atom. The van der Waals surface area contributed by atoms with Crippen LogP contribution in [0.3, 0.4) is 0 Å². The Bertz CT molecular complexity index is 685. The molecule has 0 aliphatic carbocycles. The molecule has 1 aromatic carbocycles. The molecule has 26 heavy (non-hydrogen) atoms. The second-order valence-electron chi connectivity index (χ2n) is 6.69. The summed E-state index contributed by atoms with van der Waals surface area (Å²) < 4.78 is 40.1. The lowest BCUT2D eigenvalue weighted by atomic mass is 10.1. The molecule has 0 N–H and O–H groups in total. The summed E-state index contributed by atoms with van der Waals surface area (Å²) in [6.07, 6.45) is 2.80. The zero-order valence-corrected chi connectivity index (χ0v) is 14.5. The van der Waals surface area contributed by atoms with Crippen molar-refractivity contribution in [1.29, 1.82) is 0 Å². The van der Waals surface area contributed by atoms with Crippen LogP contribution >= 0.6 is 0 Å². The smallest absolute Gasteiger partial charge is 0.257 e. The van der Waals surface area contributed by atoms with Crippen LogP contribution in [0.2, 0.25) is 0 Å². The Morgan fingerprint density at radius 2 is 1.46 bits per heavy atom. The third-order valence-corrected chi connectivity index (χ3v) is 5.03. The van der Waals surface area contributed by atoms with Crippen LogP contribution < -0.4 is 0 Å². The minimum Gasteiger partial charge on any atom is -0.339 e. The molecular weight excluding hydrogens is 347 g/mol. The standard InChI is InChI=1S/C18H22F3N3O2/c19-14-4-3-13(16(20)17(14)21)18(26)24-11-9-23(10-12-24)15(25)5-8-22-6-1-2-7-22/h3-4H,1-2,5-12H2. The number of piperazine rings is 1. The van der Waals surface area contributed by atoms with E-state index < -0.39 is 28.9 Å². The zero-order chi connectivity index (χ0) is 18.7. The number of halogens is 3. The summed E-state index contributed by atoms with van der Waals surface area (Å²) >= 11 is 0. The lowest BCUT2D eigenvalue weighted by Crippen LogP contribution is -2.51. The summed E-state index contributed by atoms with van der Waals surface area (Å²) in [6.45, 7) is 4.02. The van der Waals surface area contributed by atoms with Crippen molar-refractivity contribution in [3.05, 3.63) is 35.1 Å². The number of likely N-dealkylation sites (tertiary alicyclic amines) is 1. The number of carbonyl (C=O) groups is 2. The van der Waals surface area contributed by atoms with Gasteiger partial charge in [0.05, 0.1) is 5.56 Å². The minimum atomic E-state index is -1.65. The normalized spacial score (nSPS) is 18.4. The van der Waals surface area contributed by atoms with E-state index in [-0.39, 0.29) is 19.0 Å². The maximum absolute atomic E-state index is 13.8. The molecule has 2 saturated heterocycles. The molecule has 1 aromatic rings. The van der Waals surface area contributed by atoms with Crippen molar-refractivity contribution < 1.29 is 22.8 Å². The molecular formula is C18H22F3N3O2. The highest BCUT2D eigenvalue weighted by Gasteiger charge is 2.28. The summed E-state index contributed by atoms with van der Waals surface area (Å²) in [4.78, 5) is 30.0. The van der Waals surface area contributed by atoms with Gasteiger partial charge in [0, 0.05) is 39.1 Å². The van der Waals surface area contributed by atoms with E-state index in [1.54, 1.807) is 4.90 Å². The first-order valence-electron chi connectivity index (χ1n) is 8.90. The highest BCUT2D eigenvalue weighted by Crippen LogP contribution is 2.18. The van der Waals surface area contributed by atoms with Crippen molar-refractivity contribution in [2.24, 2.45) is 0 Å². The minimum absolute atomic E-state index is 0.0445. The fraction of sp³-hybridized carbons (Fsp3) is 0.556. The van der Waals surface area contributed by atoms with Gasteiger partial charge in [-0.1, -0.05) is 0 Å². The number of amides is 2. The van der Waals surface area contributed by atoms with Gasteiger partial charge in [0.15, 0.2) is 17.5 Å². The Hall–Kier alpha value is -2.09. The predicted molar refractivity (Wildman–Crippen MR) is 89.1 cm³/mol. The lowest BCUT2D eigenvalue weighted by Gasteiger charge is -2.35. The van der Waals surface area contributed by atoms with Crippen molar-refractivity contribution in [1.82, 2.24) is 14.7 Å². The number of carbonyl (C=O) groups excluding carboxylic acids is 2. The summed E-state index contributed by atoms with van der Waals surface area (Å²) in [7, 11) is 0. The maximum Gasteiger partial charge on any atom is 0.257 e. The average Bonchev–Trinajstić information content (AvgIpc) is 3.17. The van der Waals surface area contributed by atoms with Gasteiger partial charge in [-0.2, -0.15) is 0 Å². The van der Waals surface area contributed by atoms with Crippen molar-refractivity contribution in [3.63, 3.8) is 0 Å². The fourth-order valence-electron chi connectivity index (χ4n) is 3.44. The van der Waals surface area contributed by atoms with Crippen molar-refractivity contribution in [2.45, 2.75) is 19.3 Å². The highest BCUT2D eigenvalue weighted by molar-refractivity contribution is 5.94. The van der Waals surface area contributed by atoms with Crippen LogP contribution in [0.25, 0.3) is 0 Å². The second-order valence-corrected chi connectivity index (χ2v) is 6.69. The number of hydrogen-bond acceptors (Lipinski definition) is 3. The van der Waals surface area contributed by atoms with Crippen molar-refractivity contribution in [2.75, 3.05) is 45.8 Å². The van der Waals surface area contributed by atoms with Crippen molar-refractivity contribution in [3.8, 4) is 0 Å². The molecule has 2 heterocycles. The van der Waals surface area contributed by atoms with Crippen LogP contribution in [-0.2, 0) is 4.79 Å². The first kappa shape index (κ1) is 18.7. The molecule has 3 rings (SSSR count). The molecule has 0 radical (unpaired) electrons. The molecule has 2 amide bonds. The van der Waals surface area contributed by atoms with Gasteiger partial charge < -0.3 is 14.7 Å². The topological polar surface area (TPSA) is 43.9 Å². The Balaban J connectivity index is 1.52. The lowest BCUT2D eigenvalue weighted by molar-refractivity contribution is -0.133. The van der Waals surface area contributed by atoms with Crippen LogP contribution in [-0.4, -0.2) is 72.3 Å². The van der Waals surface area contributed by atoms with Crippen LogP contribution in [0.4, 0.5) is 13.2 Å². The molecule has 2 aliphatic rings. The van der Waals surface area contributed by atoms with E-state index >= 15 is 0 Å². The molecule has 2 aliphatic heterocycles. The second kappa shape index (κ2) is 8.07. The van der Waals surface area contributed by atoms with Crippen LogP contribution in [0.5, 0.6) is 0 Å². The summed E-state index contributed by atoms with van der Waals surface area (Å²) in [6, 6.07) is 1.69. The van der Waals surface area contributed by atoms with Gasteiger partial charge in [-0.05, 0) is 38.1 Å². The molecule has 2 fully saturated rings. The highest BCUT2D eigenvalue weighted by atomic mass is 19.2. The predicted octanol–water partition coefficient (Wildman–Crippen LogP) is 1.87. The molecule has 0 aromatic heterocycles. The van der Waals surface area contributed by atoms with E-state index in [0.717, 1.165) is 31.8 Å². The third-order valence-electron chi connectivity index (χ3n) is 5.03. The number of benzene rings is 1. The van der Waals surface area contributed by atoms with Crippen molar-refractivity contribution >= 4 is 11.8 Å². The quantitative estimate of drug-likeness (QED) is 0.762. The van der Waals surface area contributed by atoms with Crippen LogP contribution in [0.15, 0.2) is 12.1 Å². The van der Waals surface area contributed by atoms with Gasteiger partial charge in [-0.15, -0.1) is 0 Å². The maximum atomic E-state index is 13.8. The number of nitrogens with zero attached hydrogens (tertiary/aromatic N) is 3. The summed E-state index contributed by atoms with van der Waals surface area (Å²) in [5.74, 6) is -5.09. The molecule has 0 atom stereocenters. The van der Waals surface area contributed by atoms with Crippen LogP contribution in [0.1, 0.15) is 29.6 Å². The molecule has 0 unspecified atom stereocenters. The number of rotatable bonds is 4. The zero-order valence-electron chi connectivity index (χ0n) is 14.5. The van der Waals surface area contributed by atoms with E-state index in [1.165, 1.54) is 17.7 Å². The Labute approximate surface area is 150 Å². The van der Waals surface area contributed by atoms with Gasteiger partial charge in [0.25, 0.3) is 5.91 Å². The van der Waals surface area contributed by atoms with Gasteiger partial charge in [-0.25, -0.2) is 13.2 Å². The molecule has 142 valence electrons. The van der Waals surface area contributed by atoms with E-state index in [0.29, 0.717) is 19.5 Å². The van der Waals surface area contributed by atoms with Gasteiger partial charge in [0.2, 0.25) is 5.91 Å². The largest absolute Gasteiger partial charge is 0.339 e.